The summed E-state index contributed by atoms with van der Waals surface area (Å²) in [4.78, 5) is 37.1. The lowest BCUT2D eigenvalue weighted by atomic mass is 9.53. The highest BCUT2D eigenvalue weighted by atomic mass is 16.6. The van der Waals surface area contributed by atoms with Crippen LogP contribution in [0.3, 0.4) is 0 Å². The van der Waals surface area contributed by atoms with E-state index in [0.717, 1.165) is 0 Å². The maximum Gasteiger partial charge on any atom is 0.413 e. The lowest BCUT2D eigenvalue weighted by Gasteiger charge is -2.59. The summed E-state index contributed by atoms with van der Waals surface area (Å²) in [7, 11) is 1.92. The molecule has 3 atom stereocenters. The van der Waals surface area contributed by atoms with Crippen molar-refractivity contribution in [1.82, 2.24) is 10.2 Å². The second-order valence-corrected chi connectivity index (χ2v) is 8.37. The number of aryl methyl sites for hydroxylation is 1. The molecular formula is C21H28N2O7. The van der Waals surface area contributed by atoms with E-state index in [9.17, 15) is 24.6 Å². The zero-order valence-corrected chi connectivity index (χ0v) is 17.4. The predicted molar refractivity (Wildman–Crippen MR) is 107 cm³/mol. The molecule has 1 saturated heterocycles. The highest BCUT2D eigenvalue weighted by molar-refractivity contribution is 5.83. The molecule has 3 unspecified atom stereocenters. The Hall–Kier alpha value is -2.65. The molecule has 0 bridgehead atoms. The van der Waals surface area contributed by atoms with E-state index in [2.05, 4.69) is 5.32 Å². The van der Waals surface area contributed by atoms with E-state index in [0.29, 0.717) is 24.1 Å². The largest absolute Gasteiger partial charge is 0.504 e. The molecule has 1 aliphatic carbocycles. The van der Waals surface area contributed by atoms with E-state index < -0.39 is 29.6 Å². The summed E-state index contributed by atoms with van der Waals surface area (Å²) in [6.45, 7) is 3.69. The molecule has 1 saturated carbocycles. The molecule has 0 radical (unpaired) electrons. The maximum atomic E-state index is 12.5. The highest BCUT2D eigenvalue weighted by Gasteiger charge is 2.61. The van der Waals surface area contributed by atoms with E-state index in [1.165, 1.54) is 6.07 Å². The van der Waals surface area contributed by atoms with Crippen LogP contribution in [-0.2, 0) is 15.0 Å². The minimum Gasteiger partial charge on any atom is -0.504 e. The number of hydrogen-bond acceptors (Lipinski definition) is 7. The van der Waals surface area contributed by atoms with Crippen molar-refractivity contribution in [3.8, 4) is 11.5 Å². The molecule has 3 rings (SSSR count). The Labute approximate surface area is 174 Å². The number of ether oxygens (including phenoxy) is 1. The molecule has 1 aliphatic heterocycles. The van der Waals surface area contributed by atoms with Gasteiger partial charge in [0.2, 0.25) is 0 Å². The summed E-state index contributed by atoms with van der Waals surface area (Å²) < 4.78 is 5.13. The highest BCUT2D eigenvalue weighted by Crippen LogP contribution is 2.56. The van der Waals surface area contributed by atoms with Gasteiger partial charge >= 0.3 is 12.1 Å². The average molecular weight is 420 g/mol. The minimum atomic E-state index is -1.25. The number of Topliss-reactive ketones (excluding diaryl/α,β-unsaturated/α-hetero) is 1. The van der Waals surface area contributed by atoms with Crippen LogP contribution in [0, 0.1) is 6.92 Å². The first-order chi connectivity index (χ1) is 14.0. The van der Waals surface area contributed by atoms with E-state index in [4.69, 9.17) is 9.84 Å². The predicted octanol–water partition coefficient (Wildman–Crippen LogP) is 1.32. The molecule has 30 heavy (non-hydrogen) atoms. The van der Waals surface area contributed by atoms with Crippen LogP contribution in [0.4, 0.5) is 4.79 Å². The molecule has 4 N–H and O–H groups in total. The molecule has 0 spiro atoms. The van der Waals surface area contributed by atoms with Gasteiger partial charge in [-0.15, -0.1) is 0 Å². The summed E-state index contributed by atoms with van der Waals surface area (Å²) in [6, 6.07) is 2.82. The third-order valence-corrected chi connectivity index (χ3v) is 6.77. The zero-order chi connectivity index (χ0) is 22.3. The molecule has 0 aromatic heterocycles. The number of likely N-dealkylation sites (tertiary alicyclic amines) is 1. The number of aromatic hydroxyl groups is 1. The number of likely N-dealkylation sites (N-methyl/N-ethyl adjacent to an activating group) is 1. The van der Waals surface area contributed by atoms with Gasteiger partial charge in [0.1, 0.15) is 12.3 Å². The molecule has 2 aliphatic rings. The Morgan fingerprint density at radius 1 is 1.33 bits per heavy atom. The Balaban J connectivity index is 2.07. The van der Waals surface area contributed by atoms with Crippen molar-refractivity contribution >= 4 is 17.8 Å². The number of carboxylic acids is 1. The number of amides is 1. The van der Waals surface area contributed by atoms with Crippen LogP contribution in [0.25, 0.3) is 0 Å². The Morgan fingerprint density at radius 2 is 2.03 bits per heavy atom. The number of carboxylic acid groups (broad SMARTS) is 1. The first-order valence-electron chi connectivity index (χ1n) is 9.96. The molecule has 1 aromatic rings. The van der Waals surface area contributed by atoms with E-state index >= 15 is 0 Å². The smallest absolute Gasteiger partial charge is 0.413 e. The van der Waals surface area contributed by atoms with Crippen LogP contribution in [0.5, 0.6) is 11.5 Å². The maximum absolute atomic E-state index is 12.5. The van der Waals surface area contributed by atoms with Crippen LogP contribution >= 0.6 is 0 Å². The van der Waals surface area contributed by atoms with E-state index in [-0.39, 0.29) is 42.6 Å². The van der Waals surface area contributed by atoms with Crippen molar-refractivity contribution in [3.63, 3.8) is 0 Å². The number of aliphatic carboxylic acids is 1. The summed E-state index contributed by atoms with van der Waals surface area (Å²) in [6.07, 6.45) is 0.0700. The third kappa shape index (κ3) is 3.52. The summed E-state index contributed by atoms with van der Waals surface area (Å²) in [5, 5.41) is 33.7. The zero-order valence-electron chi connectivity index (χ0n) is 17.4. The molecule has 1 amide bonds. The van der Waals surface area contributed by atoms with Gasteiger partial charge in [0.25, 0.3) is 0 Å². The normalized spacial score (nSPS) is 29.2. The van der Waals surface area contributed by atoms with Crippen molar-refractivity contribution < 1.29 is 34.4 Å². The SMILES string of the molecule is Cc1ccc(OC(=O)NCC(=O)O)c(O)c1C12CCN(C)C(C)C1(O)CCC(=O)C2. The van der Waals surface area contributed by atoms with E-state index in [1.807, 2.05) is 18.9 Å². The van der Waals surface area contributed by atoms with Gasteiger partial charge in [0.05, 0.1) is 5.60 Å². The molecule has 9 nitrogen and oxygen atoms in total. The Kier molecular flexibility index (Phi) is 5.79. The summed E-state index contributed by atoms with van der Waals surface area (Å²) in [5.74, 6) is -1.68. The van der Waals surface area contributed by atoms with Gasteiger partial charge in [-0.3, -0.25) is 9.59 Å². The number of nitrogens with zero attached hydrogens (tertiary/aromatic N) is 1. The number of phenols is 1. The van der Waals surface area contributed by atoms with Crippen molar-refractivity contribution in [3.05, 3.63) is 23.3 Å². The second kappa shape index (κ2) is 7.88. The monoisotopic (exact) mass is 420 g/mol. The van der Waals surface area contributed by atoms with Gasteiger partial charge in [-0.2, -0.15) is 0 Å². The Morgan fingerprint density at radius 3 is 2.70 bits per heavy atom. The molecule has 1 heterocycles. The fourth-order valence-electron chi connectivity index (χ4n) is 5.06. The quantitative estimate of drug-likeness (QED) is 0.573. The van der Waals surface area contributed by atoms with E-state index in [1.54, 1.807) is 13.0 Å². The van der Waals surface area contributed by atoms with Gasteiger partial charge in [0, 0.05) is 29.9 Å². The van der Waals surface area contributed by atoms with Gasteiger partial charge in [0.15, 0.2) is 11.5 Å². The number of hydrogen-bond donors (Lipinski definition) is 4. The van der Waals surface area contributed by atoms with Gasteiger partial charge < -0.3 is 30.3 Å². The molecule has 164 valence electrons. The number of carbonyl (C=O) groups excluding carboxylic acids is 2. The third-order valence-electron chi connectivity index (χ3n) is 6.77. The topological polar surface area (TPSA) is 136 Å². The number of aliphatic hydroxyl groups is 1. The number of nitrogens with one attached hydrogen (secondary N) is 1. The number of carbonyl (C=O) groups is 3. The van der Waals surface area contributed by atoms with Crippen LogP contribution in [0.2, 0.25) is 0 Å². The molecule has 2 fully saturated rings. The standard InChI is InChI=1S/C21H28N2O7/c1-12-4-5-15(30-19(28)22-11-16(25)26)18(27)17(12)20-8-9-23(3)13(2)21(20,29)7-6-14(24)10-20/h4-5,13,27,29H,6-11H2,1-3H3,(H,22,28)(H,25,26). The number of ketones is 1. The summed E-state index contributed by atoms with van der Waals surface area (Å²) in [5.41, 5.74) is -1.18. The van der Waals surface area contributed by atoms with Crippen LogP contribution in [0.1, 0.15) is 43.7 Å². The number of piperidine rings is 1. The first-order valence-corrected chi connectivity index (χ1v) is 9.96. The van der Waals surface area contributed by atoms with Crippen molar-refractivity contribution in [2.45, 2.75) is 56.6 Å². The van der Waals surface area contributed by atoms with Gasteiger partial charge in [-0.25, -0.2) is 4.79 Å². The van der Waals surface area contributed by atoms with Crippen molar-refractivity contribution in [1.29, 1.82) is 0 Å². The lowest BCUT2D eigenvalue weighted by Crippen LogP contribution is -2.69. The number of benzene rings is 1. The molecule has 1 aromatic carbocycles. The van der Waals surface area contributed by atoms with Crippen molar-refractivity contribution in [2.75, 3.05) is 20.1 Å². The van der Waals surface area contributed by atoms with Crippen LogP contribution in [0.15, 0.2) is 12.1 Å². The first kappa shape index (κ1) is 22.0. The lowest BCUT2D eigenvalue weighted by molar-refractivity contribution is -0.161. The minimum absolute atomic E-state index is 0.0146. The molecular weight excluding hydrogens is 392 g/mol. The average Bonchev–Trinajstić information content (AvgIpc) is 2.68. The fourth-order valence-corrected chi connectivity index (χ4v) is 5.06. The molecule has 9 heteroatoms. The number of phenolic OH excluding ortho intramolecular Hbond substituents is 1. The fraction of sp³-hybridized carbons (Fsp3) is 0.571. The number of fused-ring (bicyclic) bond motifs is 1. The Bertz CT molecular complexity index is 886. The van der Waals surface area contributed by atoms with Gasteiger partial charge in [-0.05, 0) is 51.9 Å². The van der Waals surface area contributed by atoms with Crippen molar-refractivity contribution in [2.24, 2.45) is 0 Å². The van der Waals surface area contributed by atoms with Crippen LogP contribution in [-0.4, -0.2) is 69.8 Å². The summed E-state index contributed by atoms with van der Waals surface area (Å²) >= 11 is 0. The second-order valence-electron chi connectivity index (χ2n) is 8.37. The van der Waals surface area contributed by atoms with Crippen LogP contribution < -0.4 is 10.1 Å². The number of rotatable bonds is 4. The van der Waals surface area contributed by atoms with Gasteiger partial charge in [-0.1, -0.05) is 6.07 Å².